The molecule has 2 atom stereocenters. The minimum atomic E-state index is -4.70. The topological polar surface area (TPSA) is 44.8 Å². The molecule has 2 aliphatic heterocycles. The summed E-state index contributed by atoms with van der Waals surface area (Å²) < 4.78 is 40.8. The number of hydrogen-bond donors (Lipinski definition) is 2. The highest BCUT2D eigenvalue weighted by atomic mass is 35.5. The first-order chi connectivity index (χ1) is 15.2. The number of carbonyl (C=O) groups is 1. The van der Waals surface area contributed by atoms with E-state index in [2.05, 4.69) is 15.0 Å². The Bertz CT molecular complexity index is 935. The summed E-state index contributed by atoms with van der Waals surface area (Å²) in [5, 5.41) is 3.74. The molecule has 1 amide bonds. The zero-order valence-corrected chi connectivity index (χ0v) is 18.7. The molecule has 32 heavy (non-hydrogen) atoms. The maximum atomic E-state index is 12.7. The third-order valence-electron chi connectivity index (χ3n) is 5.82. The van der Waals surface area contributed by atoms with Crippen LogP contribution in [0, 0.1) is 0 Å². The van der Waals surface area contributed by atoms with Gasteiger partial charge in [0.25, 0.3) is 0 Å². The van der Waals surface area contributed by atoms with Crippen LogP contribution in [0.15, 0.2) is 48.5 Å². The molecule has 2 saturated heterocycles. The summed E-state index contributed by atoms with van der Waals surface area (Å²) in [6, 6.07) is 13.1. The van der Waals surface area contributed by atoms with Crippen molar-refractivity contribution in [3.8, 4) is 5.75 Å². The molecule has 2 aliphatic rings. The van der Waals surface area contributed by atoms with Gasteiger partial charge in [-0.1, -0.05) is 11.6 Å². The van der Waals surface area contributed by atoms with Crippen LogP contribution in [0.25, 0.3) is 0 Å². The predicted octanol–water partition coefficient (Wildman–Crippen LogP) is 5.18. The Labute approximate surface area is 194 Å². The van der Waals surface area contributed by atoms with Crippen molar-refractivity contribution in [3.05, 3.63) is 53.6 Å². The third-order valence-corrected chi connectivity index (χ3v) is 6.65. The fraction of sp³-hybridized carbons (Fsp3) is 0.409. The number of thiol groups is 1. The molecule has 10 heteroatoms. The Morgan fingerprint density at radius 3 is 2.25 bits per heavy atom. The summed E-state index contributed by atoms with van der Waals surface area (Å²) in [5.74, 6) is -0.201. The van der Waals surface area contributed by atoms with E-state index in [1.807, 2.05) is 12.1 Å². The van der Waals surface area contributed by atoms with Crippen molar-refractivity contribution < 1.29 is 22.7 Å². The van der Waals surface area contributed by atoms with E-state index in [0.717, 1.165) is 37.3 Å². The van der Waals surface area contributed by atoms with Crippen LogP contribution >= 0.6 is 24.2 Å². The Balaban J connectivity index is 1.31. The van der Waals surface area contributed by atoms with Crippen LogP contribution in [0.3, 0.4) is 0 Å². The van der Waals surface area contributed by atoms with Gasteiger partial charge in [-0.2, -0.15) is 12.6 Å². The molecule has 172 valence electrons. The Morgan fingerprint density at radius 2 is 1.66 bits per heavy atom. The van der Waals surface area contributed by atoms with E-state index in [0.29, 0.717) is 11.4 Å². The Hall–Kier alpha value is -2.10. The molecule has 2 aromatic rings. The van der Waals surface area contributed by atoms with E-state index in [4.69, 9.17) is 24.2 Å². The number of rotatable bonds is 5. The second-order valence-corrected chi connectivity index (χ2v) is 8.92. The van der Waals surface area contributed by atoms with Crippen molar-refractivity contribution >= 4 is 41.5 Å². The monoisotopic (exact) mass is 485 g/mol. The number of nitrogens with zero attached hydrogens (tertiary/aromatic N) is 2. The molecule has 0 aromatic heterocycles. The van der Waals surface area contributed by atoms with E-state index in [1.54, 1.807) is 29.2 Å². The van der Waals surface area contributed by atoms with Gasteiger partial charge in [0.2, 0.25) is 5.91 Å². The van der Waals surface area contributed by atoms with Gasteiger partial charge < -0.3 is 10.1 Å². The maximum Gasteiger partial charge on any atom is 0.573 e. The molecule has 0 spiro atoms. The van der Waals surface area contributed by atoms with Crippen LogP contribution < -0.4 is 15.0 Å². The quantitative estimate of drug-likeness (QED) is 0.573. The van der Waals surface area contributed by atoms with E-state index in [1.165, 1.54) is 12.1 Å². The lowest BCUT2D eigenvalue weighted by Crippen LogP contribution is -2.48. The molecule has 0 bridgehead atoms. The molecule has 1 N–H and O–H groups in total. The number of ether oxygens (including phenoxy) is 1. The van der Waals surface area contributed by atoms with Gasteiger partial charge in [0.15, 0.2) is 0 Å². The molecule has 0 radical (unpaired) electrons. The zero-order valence-electron chi connectivity index (χ0n) is 17.1. The first-order valence-electron chi connectivity index (χ1n) is 10.3. The van der Waals surface area contributed by atoms with Crippen LogP contribution in [0.2, 0.25) is 5.02 Å². The van der Waals surface area contributed by atoms with Crippen LogP contribution in [-0.4, -0.2) is 47.7 Å². The van der Waals surface area contributed by atoms with Crippen molar-refractivity contribution in [2.75, 3.05) is 23.3 Å². The minimum absolute atomic E-state index is 0.0151. The van der Waals surface area contributed by atoms with Gasteiger partial charge in [0, 0.05) is 48.0 Å². The molecule has 0 aliphatic carbocycles. The maximum absolute atomic E-state index is 12.7. The lowest BCUT2D eigenvalue weighted by atomic mass is 10.0. The average Bonchev–Trinajstić information content (AvgIpc) is 3.04. The summed E-state index contributed by atoms with van der Waals surface area (Å²) >= 11 is 10.7. The van der Waals surface area contributed by atoms with E-state index >= 15 is 0 Å². The van der Waals surface area contributed by atoms with Gasteiger partial charge >= 0.3 is 6.36 Å². The SMILES string of the molecule is O=C1CC(N2CCC(Nc3ccc(OC(F)(F)F)cc3)CC2)C(S)N1c1ccc(Cl)cc1. The minimum Gasteiger partial charge on any atom is -0.406 e. The van der Waals surface area contributed by atoms with Crippen molar-refractivity contribution in [1.29, 1.82) is 0 Å². The Kier molecular flexibility index (Phi) is 6.78. The lowest BCUT2D eigenvalue weighted by Gasteiger charge is -2.38. The normalized spacial score (nSPS) is 22.9. The summed E-state index contributed by atoms with van der Waals surface area (Å²) in [4.78, 5) is 16.7. The number of nitrogens with one attached hydrogen (secondary N) is 1. The molecule has 2 aromatic carbocycles. The Morgan fingerprint density at radius 1 is 1.03 bits per heavy atom. The van der Waals surface area contributed by atoms with Gasteiger partial charge in [0.1, 0.15) is 5.75 Å². The smallest absolute Gasteiger partial charge is 0.406 e. The van der Waals surface area contributed by atoms with Crippen LogP contribution in [-0.2, 0) is 4.79 Å². The molecular weight excluding hydrogens is 463 g/mol. The van der Waals surface area contributed by atoms with Crippen molar-refractivity contribution in [1.82, 2.24) is 4.90 Å². The van der Waals surface area contributed by atoms with Crippen LogP contribution in [0.1, 0.15) is 19.3 Å². The summed E-state index contributed by atoms with van der Waals surface area (Å²) in [7, 11) is 0. The largest absolute Gasteiger partial charge is 0.573 e. The number of halogens is 4. The van der Waals surface area contributed by atoms with Crippen LogP contribution in [0.5, 0.6) is 5.75 Å². The highest BCUT2D eigenvalue weighted by molar-refractivity contribution is 7.81. The third kappa shape index (κ3) is 5.44. The van der Waals surface area contributed by atoms with Crippen LogP contribution in [0.4, 0.5) is 24.5 Å². The standard InChI is InChI=1S/C22H23ClF3N3O2S/c23-14-1-5-17(6-2-14)29-20(30)13-19(21(29)32)28-11-9-16(10-12-28)27-15-3-7-18(8-4-15)31-22(24,25)26/h1-8,16,19,21,27,32H,9-13H2. The zero-order chi connectivity index (χ0) is 22.9. The summed E-state index contributed by atoms with van der Waals surface area (Å²) in [6.45, 7) is 1.60. The second kappa shape index (κ2) is 9.41. The molecule has 5 nitrogen and oxygen atoms in total. The number of amides is 1. The number of likely N-dealkylation sites (tertiary alicyclic amines) is 1. The van der Waals surface area contributed by atoms with E-state index in [9.17, 15) is 18.0 Å². The predicted molar refractivity (Wildman–Crippen MR) is 121 cm³/mol. The molecule has 2 fully saturated rings. The van der Waals surface area contributed by atoms with Crippen molar-refractivity contribution in [3.63, 3.8) is 0 Å². The van der Waals surface area contributed by atoms with Gasteiger partial charge in [-0.05, 0) is 61.4 Å². The van der Waals surface area contributed by atoms with E-state index in [-0.39, 0.29) is 29.1 Å². The number of hydrogen-bond acceptors (Lipinski definition) is 5. The molecule has 0 saturated carbocycles. The number of anilines is 2. The highest BCUT2D eigenvalue weighted by Crippen LogP contribution is 2.34. The number of carbonyl (C=O) groups excluding carboxylic acids is 1. The molecule has 2 unspecified atom stereocenters. The van der Waals surface area contributed by atoms with Gasteiger partial charge in [-0.25, -0.2) is 0 Å². The lowest BCUT2D eigenvalue weighted by molar-refractivity contribution is -0.274. The fourth-order valence-electron chi connectivity index (χ4n) is 4.28. The molecular formula is C22H23ClF3N3O2S. The number of piperidine rings is 1. The molecule has 2 heterocycles. The second-order valence-electron chi connectivity index (χ2n) is 7.95. The molecule has 4 rings (SSSR count). The first-order valence-corrected chi connectivity index (χ1v) is 11.2. The summed E-state index contributed by atoms with van der Waals surface area (Å²) in [6.07, 6.45) is -2.58. The summed E-state index contributed by atoms with van der Waals surface area (Å²) in [5.41, 5.74) is 1.53. The number of alkyl halides is 3. The van der Waals surface area contributed by atoms with E-state index < -0.39 is 6.36 Å². The number of benzene rings is 2. The fourth-order valence-corrected chi connectivity index (χ4v) is 4.96. The van der Waals surface area contributed by atoms with Crippen molar-refractivity contribution in [2.24, 2.45) is 0 Å². The first kappa shape index (κ1) is 23.1. The van der Waals surface area contributed by atoms with Gasteiger partial charge in [-0.3, -0.25) is 14.6 Å². The van der Waals surface area contributed by atoms with Gasteiger partial charge in [-0.15, -0.1) is 13.2 Å². The highest BCUT2D eigenvalue weighted by Gasteiger charge is 2.42. The average molecular weight is 486 g/mol. The van der Waals surface area contributed by atoms with Crippen molar-refractivity contribution in [2.45, 2.75) is 43.1 Å². The van der Waals surface area contributed by atoms with Gasteiger partial charge in [0.05, 0.1) is 5.37 Å².